The lowest BCUT2D eigenvalue weighted by atomic mass is 9.85. The molecule has 2 fully saturated rings. The fraction of sp³-hybridized carbons (Fsp3) is 0.625. The van der Waals surface area contributed by atoms with Gasteiger partial charge >= 0.3 is 0 Å². The Kier molecular flexibility index (Phi) is 11.1. The summed E-state index contributed by atoms with van der Waals surface area (Å²) in [6.45, 7) is 12.8. The number of hydrogen-bond acceptors (Lipinski definition) is 7. The Hall–Kier alpha value is -2.82. The first-order valence-electron chi connectivity index (χ1n) is 15.3. The predicted molar refractivity (Wildman–Crippen MR) is 166 cm³/mol. The van der Waals surface area contributed by atoms with Crippen LogP contribution in [0.5, 0.6) is 0 Å². The van der Waals surface area contributed by atoms with Gasteiger partial charge in [-0.3, -0.25) is 14.4 Å². The molecule has 1 aromatic carbocycles. The third-order valence-electron chi connectivity index (χ3n) is 8.31. The molecule has 2 saturated heterocycles. The van der Waals surface area contributed by atoms with Crippen molar-refractivity contribution < 1.29 is 19.1 Å². The van der Waals surface area contributed by atoms with E-state index in [0.29, 0.717) is 25.5 Å². The van der Waals surface area contributed by atoms with Gasteiger partial charge in [-0.15, -0.1) is 11.3 Å². The van der Waals surface area contributed by atoms with Crippen molar-refractivity contribution >= 4 is 29.1 Å². The van der Waals surface area contributed by atoms with Gasteiger partial charge in [0.1, 0.15) is 18.7 Å². The number of nitrogens with one attached hydrogen (secondary N) is 3. The largest absolute Gasteiger partial charge is 0.371 e. The van der Waals surface area contributed by atoms with Gasteiger partial charge in [0.05, 0.1) is 28.7 Å². The molecule has 9 nitrogen and oxygen atoms in total. The topological polar surface area (TPSA) is 113 Å². The minimum Gasteiger partial charge on any atom is -0.371 e. The molecule has 2 aliphatic heterocycles. The zero-order valence-electron chi connectivity index (χ0n) is 25.7. The molecule has 2 aliphatic rings. The van der Waals surface area contributed by atoms with Gasteiger partial charge in [-0.1, -0.05) is 52.0 Å². The van der Waals surface area contributed by atoms with Crippen LogP contribution in [0.4, 0.5) is 0 Å². The summed E-state index contributed by atoms with van der Waals surface area (Å²) in [6, 6.07) is 6.68. The van der Waals surface area contributed by atoms with Gasteiger partial charge in [0.2, 0.25) is 17.7 Å². The van der Waals surface area contributed by atoms with Crippen molar-refractivity contribution in [1.29, 1.82) is 0 Å². The Morgan fingerprint density at radius 1 is 1.12 bits per heavy atom. The van der Waals surface area contributed by atoms with Crippen molar-refractivity contribution in [2.75, 3.05) is 32.8 Å². The van der Waals surface area contributed by atoms with E-state index in [1.54, 1.807) is 16.2 Å². The summed E-state index contributed by atoms with van der Waals surface area (Å²) in [7, 11) is 0. The number of nitrogens with zero attached hydrogens (tertiary/aromatic N) is 2. The number of rotatable bonds is 11. The number of carbonyl (C=O) groups is 3. The normalized spacial score (nSPS) is 19.4. The molecule has 0 bridgehead atoms. The molecule has 0 saturated carbocycles. The summed E-state index contributed by atoms with van der Waals surface area (Å²) in [5.41, 5.74) is 4.55. The van der Waals surface area contributed by atoms with Crippen molar-refractivity contribution in [3.8, 4) is 10.4 Å². The Labute approximate surface area is 254 Å². The van der Waals surface area contributed by atoms with Crippen LogP contribution in [0.2, 0.25) is 0 Å². The third-order valence-corrected chi connectivity index (χ3v) is 9.23. The first-order chi connectivity index (χ1) is 20.1. The predicted octanol–water partition coefficient (Wildman–Crippen LogP) is 4.09. The first kappa shape index (κ1) is 32.1. The molecule has 1 aromatic heterocycles. The molecule has 0 spiro atoms. The number of amides is 3. The number of aromatic nitrogens is 1. The van der Waals surface area contributed by atoms with Crippen LogP contribution in [0.25, 0.3) is 10.4 Å². The maximum absolute atomic E-state index is 13.8. The summed E-state index contributed by atoms with van der Waals surface area (Å²) in [5.74, 6) is -0.244. The minimum atomic E-state index is -0.759. The van der Waals surface area contributed by atoms with Crippen LogP contribution in [-0.2, 0) is 25.5 Å². The second kappa shape index (κ2) is 14.6. The average Bonchev–Trinajstić information content (AvgIpc) is 3.66. The minimum absolute atomic E-state index is 0.0766. The summed E-state index contributed by atoms with van der Waals surface area (Å²) in [4.78, 5) is 47.3. The molecule has 3 heterocycles. The average molecular weight is 598 g/mol. The fourth-order valence-electron chi connectivity index (χ4n) is 5.76. The fourth-order valence-corrected chi connectivity index (χ4v) is 6.65. The maximum Gasteiger partial charge on any atom is 0.246 e. The second-order valence-electron chi connectivity index (χ2n) is 12.6. The molecule has 3 unspecified atom stereocenters. The Balaban J connectivity index is 1.34. The number of piperidine rings is 1. The number of benzene rings is 1. The third kappa shape index (κ3) is 8.17. The molecule has 4 rings (SSSR count). The Morgan fingerprint density at radius 3 is 2.50 bits per heavy atom. The maximum atomic E-state index is 13.8. The van der Waals surface area contributed by atoms with Gasteiger partial charge < -0.3 is 25.6 Å². The number of ether oxygens (including phenoxy) is 1. The van der Waals surface area contributed by atoms with Crippen molar-refractivity contribution in [1.82, 2.24) is 25.8 Å². The van der Waals surface area contributed by atoms with Gasteiger partial charge in [0.25, 0.3) is 0 Å². The van der Waals surface area contributed by atoms with E-state index in [9.17, 15) is 14.4 Å². The number of thiazole rings is 1. The second-order valence-corrected chi connectivity index (χ2v) is 13.5. The molecular weight excluding hydrogens is 550 g/mol. The lowest BCUT2D eigenvalue weighted by Gasteiger charge is -2.35. The number of likely N-dealkylation sites (tertiary alicyclic amines) is 1. The standard InChI is InChI=1S/C32H47N5O4S/c1-6-25-28(42-20-34-25)24-11-9-23(10-12-24)21(2)35-30(39)26-8-7-17-37(26)31(40)29(32(3,4)5)36-27(38)19-41-18-22-13-15-33-16-14-22/h9-12,20-22,26,29,33H,6-8,13-19H2,1-5H3,(H,35,39)(H,36,38). The lowest BCUT2D eigenvalue weighted by Crippen LogP contribution is -2.58. The van der Waals surface area contributed by atoms with Gasteiger partial charge in [-0.2, -0.15) is 0 Å². The van der Waals surface area contributed by atoms with Crippen molar-refractivity contribution in [3.63, 3.8) is 0 Å². The summed E-state index contributed by atoms with van der Waals surface area (Å²) in [5, 5.41) is 9.37. The molecule has 42 heavy (non-hydrogen) atoms. The van der Waals surface area contributed by atoms with Crippen molar-refractivity contribution in [3.05, 3.63) is 41.0 Å². The van der Waals surface area contributed by atoms with Crippen LogP contribution in [-0.4, -0.2) is 72.5 Å². The zero-order chi connectivity index (χ0) is 30.3. The monoisotopic (exact) mass is 597 g/mol. The van der Waals surface area contributed by atoms with Crippen molar-refractivity contribution in [2.24, 2.45) is 11.3 Å². The van der Waals surface area contributed by atoms with E-state index in [0.717, 1.165) is 55.6 Å². The van der Waals surface area contributed by atoms with Crippen LogP contribution in [0.3, 0.4) is 0 Å². The van der Waals surface area contributed by atoms with E-state index in [1.165, 1.54) is 4.88 Å². The molecular formula is C32H47N5O4S. The molecule has 10 heteroatoms. The summed E-state index contributed by atoms with van der Waals surface area (Å²) >= 11 is 1.64. The SMILES string of the molecule is CCc1ncsc1-c1ccc(C(C)NC(=O)C2CCCN2C(=O)C(NC(=O)COCC2CCNCC2)C(C)(C)C)cc1. The highest BCUT2D eigenvalue weighted by Crippen LogP contribution is 2.30. The molecule has 3 N–H and O–H groups in total. The van der Waals surface area contributed by atoms with E-state index >= 15 is 0 Å². The quantitative estimate of drug-likeness (QED) is 0.360. The van der Waals surface area contributed by atoms with Crippen molar-refractivity contribution in [2.45, 2.75) is 84.8 Å². The van der Waals surface area contributed by atoms with Crippen LogP contribution in [0, 0.1) is 11.3 Å². The molecule has 0 aliphatic carbocycles. The number of carbonyl (C=O) groups excluding carboxylic acids is 3. The lowest BCUT2D eigenvalue weighted by molar-refractivity contribution is -0.144. The van der Waals surface area contributed by atoms with Gasteiger partial charge in [-0.25, -0.2) is 4.98 Å². The summed E-state index contributed by atoms with van der Waals surface area (Å²) < 4.78 is 5.71. The van der Waals surface area contributed by atoms with Gasteiger partial charge in [0, 0.05) is 6.54 Å². The highest BCUT2D eigenvalue weighted by molar-refractivity contribution is 7.13. The highest BCUT2D eigenvalue weighted by Gasteiger charge is 2.42. The molecule has 230 valence electrons. The van der Waals surface area contributed by atoms with Gasteiger partial charge in [0.15, 0.2) is 0 Å². The van der Waals surface area contributed by atoms with Gasteiger partial charge in [-0.05, 0) is 74.6 Å². The first-order valence-corrected chi connectivity index (χ1v) is 16.2. The molecule has 2 aromatic rings. The summed E-state index contributed by atoms with van der Waals surface area (Å²) in [6.07, 6.45) is 4.30. The Morgan fingerprint density at radius 2 is 1.83 bits per heavy atom. The number of hydrogen-bond donors (Lipinski definition) is 3. The van der Waals surface area contributed by atoms with E-state index in [1.807, 2.05) is 45.3 Å². The van der Waals surface area contributed by atoms with E-state index < -0.39 is 17.5 Å². The number of aryl methyl sites for hydroxylation is 1. The van der Waals surface area contributed by atoms with E-state index in [2.05, 4.69) is 40.0 Å². The molecule has 3 amide bonds. The van der Waals surface area contributed by atoms with Crippen LogP contribution >= 0.6 is 11.3 Å². The van der Waals surface area contributed by atoms with Crippen LogP contribution in [0.1, 0.15) is 77.6 Å². The Bertz CT molecular complexity index is 1200. The molecule has 0 radical (unpaired) electrons. The van der Waals surface area contributed by atoms with E-state index in [4.69, 9.17) is 4.74 Å². The van der Waals surface area contributed by atoms with E-state index in [-0.39, 0.29) is 30.4 Å². The molecule has 3 atom stereocenters. The highest BCUT2D eigenvalue weighted by atomic mass is 32.1. The smallest absolute Gasteiger partial charge is 0.246 e. The van der Waals surface area contributed by atoms with Crippen LogP contribution in [0.15, 0.2) is 29.8 Å². The van der Waals surface area contributed by atoms with Crippen LogP contribution < -0.4 is 16.0 Å². The zero-order valence-corrected chi connectivity index (χ0v) is 26.5.